The third-order valence-corrected chi connectivity index (χ3v) is 5.49. The van der Waals surface area contributed by atoms with Crippen molar-refractivity contribution < 1.29 is 27.8 Å². The average Bonchev–Trinajstić information content (AvgIpc) is 3.12. The van der Waals surface area contributed by atoms with Gasteiger partial charge in [-0.2, -0.15) is 0 Å². The summed E-state index contributed by atoms with van der Waals surface area (Å²) >= 11 is 0. The maximum Gasteiger partial charge on any atom is 0.573 e. The summed E-state index contributed by atoms with van der Waals surface area (Å²) in [6.07, 6.45) is -0.336. The fourth-order valence-electron chi connectivity index (χ4n) is 3.66. The number of aromatic nitrogens is 4. The first-order chi connectivity index (χ1) is 14.5. The molecule has 1 aromatic carbocycles. The van der Waals surface area contributed by atoms with E-state index in [1.165, 1.54) is 31.8 Å². The summed E-state index contributed by atoms with van der Waals surface area (Å²) in [6, 6.07) is 4.20. The number of hydrogen-bond donors (Lipinski definition) is 2. The van der Waals surface area contributed by atoms with Crippen LogP contribution in [0.3, 0.4) is 0 Å². The quantitative estimate of drug-likeness (QED) is 0.608. The van der Waals surface area contributed by atoms with Crippen LogP contribution in [0.15, 0.2) is 30.7 Å². The Morgan fingerprint density at radius 1 is 1.19 bits per heavy atom. The standard InChI is InChI=1S/C20H22F3N5O3/c1-19(2,29)11-6-12(7-11)25-18-27-26-17(15-9-24-10-28(15)18)14-5-4-13(30-3)8-16(14)31-20(21,22)23/h4-5,8-12,29H,6-7H2,1-3H3,(H,25,27). The SMILES string of the molecule is COc1ccc(-c2nnc(NC3CC(C(C)(C)O)C3)n3cncc23)c(OC(F)(F)F)c1. The van der Waals surface area contributed by atoms with Crippen molar-refractivity contribution in [1.29, 1.82) is 0 Å². The molecule has 4 rings (SSSR count). The molecule has 0 atom stereocenters. The zero-order valence-electron chi connectivity index (χ0n) is 17.1. The molecule has 0 radical (unpaired) electrons. The summed E-state index contributed by atoms with van der Waals surface area (Å²) in [5.74, 6) is 0.362. The van der Waals surface area contributed by atoms with Gasteiger partial charge in [0.2, 0.25) is 5.95 Å². The molecule has 0 unspecified atom stereocenters. The molecule has 2 aromatic heterocycles. The van der Waals surface area contributed by atoms with Gasteiger partial charge in [0, 0.05) is 17.7 Å². The predicted octanol–water partition coefficient (Wildman–Crippen LogP) is 3.66. The molecule has 0 bridgehead atoms. The molecule has 1 aliphatic rings. The fourth-order valence-corrected chi connectivity index (χ4v) is 3.66. The van der Waals surface area contributed by atoms with Crippen molar-refractivity contribution in [1.82, 2.24) is 19.6 Å². The third-order valence-electron chi connectivity index (χ3n) is 5.49. The van der Waals surface area contributed by atoms with Crippen LogP contribution in [-0.4, -0.2) is 49.8 Å². The van der Waals surface area contributed by atoms with E-state index in [9.17, 15) is 18.3 Å². The lowest BCUT2D eigenvalue weighted by Gasteiger charge is -2.42. The van der Waals surface area contributed by atoms with Crippen LogP contribution >= 0.6 is 0 Å². The van der Waals surface area contributed by atoms with E-state index in [2.05, 4.69) is 25.2 Å². The maximum atomic E-state index is 13.0. The number of fused-ring (bicyclic) bond motifs is 1. The molecule has 1 saturated carbocycles. The number of halogens is 3. The topological polar surface area (TPSA) is 93.8 Å². The molecular formula is C20H22F3N5O3. The minimum Gasteiger partial charge on any atom is -0.497 e. The van der Waals surface area contributed by atoms with E-state index in [-0.39, 0.29) is 29.0 Å². The monoisotopic (exact) mass is 437 g/mol. The van der Waals surface area contributed by atoms with Gasteiger partial charge in [-0.25, -0.2) is 4.98 Å². The van der Waals surface area contributed by atoms with Crippen LogP contribution in [0.1, 0.15) is 26.7 Å². The summed E-state index contributed by atoms with van der Waals surface area (Å²) < 4.78 is 49.7. The van der Waals surface area contributed by atoms with Crippen LogP contribution in [0.5, 0.6) is 11.5 Å². The number of alkyl halides is 3. The Balaban J connectivity index is 1.67. The van der Waals surface area contributed by atoms with Gasteiger partial charge < -0.3 is 19.9 Å². The second-order valence-corrected chi connectivity index (χ2v) is 8.09. The highest BCUT2D eigenvalue weighted by Crippen LogP contribution is 2.39. The second-order valence-electron chi connectivity index (χ2n) is 8.09. The van der Waals surface area contributed by atoms with Crippen LogP contribution in [0.2, 0.25) is 0 Å². The van der Waals surface area contributed by atoms with Crippen molar-refractivity contribution in [3.63, 3.8) is 0 Å². The molecule has 0 amide bonds. The van der Waals surface area contributed by atoms with Crippen molar-refractivity contribution in [2.45, 2.75) is 44.7 Å². The Hall–Kier alpha value is -3.08. The van der Waals surface area contributed by atoms with Crippen molar-refractivity contribution in [3.8, 4) is 22.8 Å². The van der Waals surface area contributed by atoms with Gasteiger partial charge in [-0.1, -0.05) is 0 Å². The normalized spacial score (nSPS) is 19.2. The molecule has 2 N–H and O–H groups in total. The minimum absolute atomic E-state index is 0.104. The van der Waals surface area contributed by atoms with E-state index in [0.717, 1.165) is 18.9 Å². The van der Waals surface area contributed by atoms with Gasteiger partial charge in [0.15, 0.2) is 0 Å². The Kier molecular flexibility index (Phi) is 5.16. The highest BCUT2D eigenvalue weighted by Gasteiger charge is 2.39. The Labute approximate surface area is 176 Å². The van der Waals surface area contributed by atoms with Crippen LogP contribution in [-0.2, 0) is 0 Å². The molecule has 3 aromatic rings. The van der Waals surface area contributed by atoms with E-state index in [4.69, 9.17) is 4.74 Å². The number of imidazole rings is 1. The smallest absolute Gasteiger partial charge is 0.497 e. The van der Waals surface area contributed by atoms with Crippen LogP contribution in [0.25, 0.3) is 16.8 Å². The first-order valence-electron chi connectivity index (χ1n) is 9.67. The second kappa shape index (κ2) is 7.56. The van der Waals surface area contributed by atoms with E-state index in [1.54, 1.807) is 18.2 Å². The number of nitrogens with zero attached hydrogens (tertiary/aromatic N) is 4. The number of methoxy groups -OCH3 is 1. The van der Waals surface area contributed by atoms with Gasteiger partial charge in [-0.15, -0.1) is 23.4 Å². The molecule has 1 fully saturated rings. The number of aliphatic hydroxyl groups is 1. The van der Waals surface area contributed by atoms with Crippen LogP contribution in [0, 0.1) is 5.92 Å². The van der Waals surface area contributed by atoms with Gasteiger partial charge in [-0.05, 0) is 44.7 Å². The molecule has 0 saturated heterocycles. The van der Waals surface area contributed by atoms with Crippen molar-refractivity contribution in [3.05, 3.63) is 30.7 Å². The van der Waals surface area contributed by atoms with E-state index >= 15 is 0 Å². The van der Waals surface area contributed by atoms with Gasteiger partial charge >= 0.3 is 6.36 Å². The highest BCUT2D eigenvalue weighted by molar-refractivity contribution is 5.81. The number of hydrogen-bond acceptors (Lipinski definition) is 7. The van der Waals surface area contributed by atoms with E-state index in [0.29, 0.717) is 11.5 Å². The molecule has 0 spiro atoms. The maximum absolute atomic E-state index is 13.0. The molecular weight excluding hydrogens is 415 g/mol. The van der Waals surface area contributed by atoms with Gasteiger partial charge in [-0.3, -0.25) is 4.40 Å². The molecule has 8 nitrogen and oxygen atoms in total. The van der Waals surface area contributed by atoms with E-state index < -0.39 is 17.7 Å². The highest BCUT2D eigenvalue weighted by atomic mass is 19.4. The zero-order valence-corrected chi connectivity index (χ0v) is 17.1. The van der Waals surface area contributed by atoms with E-state index in [1.807, 2.05) is 0 Å². The summed E-state index contributed by atoms with van der Waals surface area (Å²) in [5.41, 5.74) is 0.00998. The van der Waals surface area contributed by atoms with Gasteiger partial charge in [0.1, 0.15) is 23.5 Å². The summed E-state index contributed by atoms with van der Waals surface area (Å²) in [5, 5.41) is 21.7. The van der Waals surface area contributed by atoms with Gasteiger partial charge in [0.05, 0.1) is 24.4 Å². The molecule has 2 heterocycles. The first-order valence-corrected chi connectivity index (χ1v) is 9.67. The largest absolute Gasteiger partial charge is 0.573 e. The lowest BCUT2D eigenvalue weighted by atomic mass is 9.71. The Morgan fingerprint density at radius 2 is 1.94 bits per heavy atom. The molecule has 11 heteroatoms. The number of ether oxygens (including phenoxy) is 2. The summed E-state index contributed by atoms with van der Waals surface area (Å²) in [7, 11) is 1.35. The molecule has 31 heavy (non-hydrogen) atoms. The van der Waals surface area contributed by atoms with Crippen LogP contribution < -0.4 is 14.8 Å². The third kappa shape index (κ3) is 4.36. The lowest BCUT2D eigenvalue weighted by molar-refractivity contribution is -0.274. The van der Waals surface area contributed by atoms with Crippen LogP contribution in [0.4, 0.5) is 19.1 Å². The number of benzene rings is 1. The van der Waals surface area contributed by atoms with Crippen molar-refractivity contribution >= 4 is 11.5 Å². The molecule has 166 valence electrons. The Bertz CT molecular complexity index is 1090. The first kappa shape index (κ1) is 21.2. The molecule has 1 aliphatic carbocycles. The van der Waals surface area contributed by atoms with Gasteiger partial charge in [0.25, 0.3) is 0 Å². The predicted molar refractivity (Wildman–Crippen MR) is 106 cm³/mol. The summed E-state index contributed by atoms with van der Waals surface area (Å²) in [4.78, 5) is 4.11. The lowest BCUT2D eigenvalue weighted by Crippen LogP contribution is -2.46. The zero-order chi connectivity index (χ0) is 22.4. The number of nitrogens with one attached hydrogen (secondary N) is 1. The summed E-state index contributed by atoms with van der Waals surface area (Å²) in [6.45, 7) is 3.57. The number of rotatable bonds is 6. The number of anilines is 1. The molecule has 0 aliphatic heterocycles. The fraction of sp³-hybridized carbons (Fsp3) is 0.450. The average molecular weight is 437 g/mol. The Morgan fingerprint density at radius 3 is 2.58 bits per heavy atom. The van der Waals surface area contributed by atoms with Crippen molar-refractivity contribution in [2.24, 2.45) is 5.92 Å². The minimum atomic E-state index is -4.88. The van der Waals surface area contributed by atoms with Crippen molar-refractivity contribution in [2.75, 3.05) is 12.4 Å².